The molecular weight excluding hydrogens is 150 g/mol. The van der Waals surface area contributed by atoms with Crippen molar-refractivity contribution < 1.29 is 0 Å². The SMILES string of the molecule is CNc1ncc([C@H](C)N)cc1C. The molecule has 0 aromatic carbocycles. The van der Waals surface area contributed by atoms with Gasteiger partial charge >= 0.3 is 0 Å². The smallest absolute Gasteiger partial charge is 0.128 e. The first-order chi connectivity index (χ1) is 5.65. The average molecular weight is 165 g/mol. The number of aromatic nitrogens is 1. The summed E-state index contributed by atoms with van der Waals surface area (Å²) in [4.78, 5) is 4.23. The van der Waals surface area contributed by atoms with Crippen LogP contribution in [0.15, 0.2) is 12.3 Å². The molecule has 12 heavy (non-hydrogen) atoms. The minimum absolute atomic E-state index is 0.0575. The number of aryl methyl sites for hydroxylation is 1. The summed E-state index contributed by atoms with van der Waals surface area (Å²) in [7, 11) is 1.86. The summed E-state index contributed by atoms with van der Waals surface area (Å²) < 4.78 is 0. The van der Waals surface area contributed by atoms with E-state index in [2.05, 4.69) is 16.4 Å². The van der Waals surface area contributed by atoms with Gasteiger partial charge in [-0.3, -0.25) is 0 Å². The molecule has 1 rings (SSSR count). The van der Waals surface area contributed by atoms with Gasteiger partial charge in [-0.25, -0.2) is 4.98 Å². The Morgan fingerprint density at radius 3 is 2.67 bits per heavy atom. The average Bonchev–Trinajstić information content (AvgIpc) is 2.04. The number of nitrogens with zero attached hydrogens (tertiary/aromatic N) is 1. The molecule has 66 valence electrons. The Balaban J connectivity index is 3.02. The van der Waals surface area contributed by atoms with Gasteiger partial charge in [0.15, 0.2) is 0 Å². The van der Waals surface area contributed by atoms with Gasteiger partial charge in [-0.2, -0.15) is 0 Å². The van der Waals surface area contributed by atoms with E-state index < -0.39 is 0 Å². The molecule has 3 N–H and O–H groups in total. The van der Waals surface area contributed by atoms with Gasteiger partial charge in [0.25, 0.3) is 0 Å². The van der Waals surface area contributed by atoms with Gasteiger partial charge in [-0.1, -0.05) is 0 Å². The van der Waals surface area contributed by atoms with Crippen LogP contribution < -0.4 is 11.1 Å². The minimum atomic E-state index is 0.0575. The van der Waals surface area contributed by atoms with E-state index in [1.165, 1.54) is 0 Å². The van der Waals surface area contributed by atoms with Crippen LogP contribution in [0.5, 0.6) is 0 Å². The Hall–Kier alpha value is -1.09. The number of anilines is 1. The quantitative estimate of drug-likeness (QED) is 0.697. The summed E-state index contributed by atoms with van der Waals surface area (Å²) in [6.07, 6.45) is 1.81. The highest BCUT2D eigenvalue weighted by Crippen LogP contribution is 2.15. The van der Waals surface area contributed by atoms with Gasteiger partial charge in [0.05, 0.1) is 0 Å². The predicted octanol–water partition coefficient (Wildman–Crippen LogP) is 1.45. The van der Waals surface area contributed by atoms with Crippen molar-refractivity contribution in [2.45, 2.75) is 19.9 Å². The lowest BCUT2D eigenvalue weighted by molar-refractivity contribution is 0.810. The van der Waals surface area contributed by atoms with Crippen LogP contribution in [0.4, 0.5) is 5.82 Å². The van der Waals surface area contributed by atoms with Crippen LogP contribution in [-0.2, 0) is 0 Å². The van der Waals surface area contributed by atoms with Gasteiger partial charge in [0.1, 0.15) is 5.82 Å². The van der Waals surface area contributed by atoms with Crippen LogP contribution in [0, 0.1) is 6.92 Å². The highest BCUT2D eigenvalue weighted by Gasteiger charge is 2.02. The van der Waals surface area contributed by atoms with E-state index in [9.17, 15) is 0 Å². The molecule has 0 aliphatic heterocycles. The van der Waals surface area contributed by atoms with Gasteiger partial charge in [0, 0.05) is 19.3 Å². The number of hydrogen-bond acceptors (Lipinski definition) is 3. The molecule has 0 aliphatic rings. The third-order valence-electron chi connectivity index (χ3n) is 1.86. The van der Waals surface area contributed by atoms with Crippen molar-refractivity contribution in [1.29, 1.82) is 0 Å². The molecular formula is C9H15N3. The largest absolute Gasteiger partial charge is 0.373 e. The highest BCUT2D eigenvalue weighted by molar-refractivity contribution is 5.44. The molecule has 0 amide bonds. The maximum absolute atomic E-state index is 5.71. The lowest BCUT2D eigenvalue weighted by Crippen LogP contribution is -2.06. The third kappa shape index (κ3) is 1.74. The Morgan fingerprint density at radius 2 is 2.25 bits per heavy atom. The first-order valence-corrected chi connectivity index (χ1v) is 4.05. The van der Waals surface area contributed by atoms with E-state index >= 15 is 0 Å². The first kappa shape index (κ1) is 9.00. The number of nitrogens with one attached hydrogen (secondary N) is 1. The second kappa shape index (κ2) is 3.54. The summed E-state index contributed by atoms with van der Waals surface area (Å²) in [5, 5.41) is 3.01. The van der Waals surface area contributed by atoms with E-state index in [4.69, 9.17) is 5.73 Å². The van der Waals surface area contributed by atoms with Crippen LogP contribution in [0.2, 0.25) is 0 Å². The second-order valence-corrected chi connectivity index (χ2v) is 2.97. The van der Waals surface area contributed by atoms with Crippen molar-refractivity contribution in [3.63, 3.8) is 0 Å². The number of pyridine rings is 1. The molecule has 3 nitrogen and oxygen atoms in total. The molecule has 1 atom stereocenters. The van der Waals surface area contributed by atoms with Crippen molar-refractivity contribution in [2.75, 3.05) is 12.4 Å². The molecule has 0 unspecified atom stereocenters. The minimum Gasteiger partial charge on any atom is -0.373 e. The Bertz CT molecular complexity index is 268. The third-order valence-corrected chi connectivity index (χ3v) is 1.86. The summed E-state index contributed by atoms with van der Waals surface area (Å²) in [5.74, 6) is 0.916. The number of nitrogens with two attached hydrogens (primary N) is 1. The molecule has 0 saturated heterocycles. The van der Waals surface area contributed by atoms with E-state index in [0.29, 0.717) is 0 Å². The van der Waals surface area contributed by atoms with Crippen LogP contribution in [0.1, 0.15) is 24.1 Å². The van der Waals surface area contributed by atoms with Gasteiger partial charge in [0.2, 0.25) is 0 Å². The van der Waals surface area contributed by atoms with Crippen LogP contribution >= 0.6 is 0 Å². The second-order valence-electron chi connectivity index (χ2n) is 2.97. The topological polar surface area (TPSA) is 50.9 Å². The number of hydrogen-bond donors (Lipinski definition) is 2. The monoisotopic (exact) mass is 165 g/mol. The summed E-state index contributed by atoms with van der Waals surface area (Å²) in [6, 6.07) is 2.12. The van der Waals surface area contributed by atoms with Gasteiger partial charge in [-0.15, -0.1) is 0 Å². The molecule has 1 aromatic heterocycles. The molecule has 3 heteroatoms. The molecule has 0 radical (unpaired) electrons. The van der Waals surface area contributed by atoms with Crippen LogP contribution in [-0.4, -0.2) is 12.0 Å². The lowest BCUT2D eigenvalue weighted by atomic mass is 10.1. The fourth-order valence-corrected chi connectivity index (χ4v) is 1.11. The maximum Gasteiger partial charge on any atom is 0.128 e. The number of rotatable bonds is 2. The molecule has 0 aliphatic carbocycles. The molecule has 0 bridgehead atoms. The Labute approximate surface area is 73.0 Å². The van der Waals surface area contributed by atoms with Crippen molar-refractivity contribution in [3.05, 3.63) is 23.4 Å². The van der Waals surface area contributed by atoms with Crippen LogP contribution in [0.3, 0.4) is 0 Å². The zero-order chi connectivity index (χ0) is 9.14. The molecule has 0 saturated carbocycles. The molecule has 1 heterocycles. The fraction of sp³-hybridized carbons (Fsp3) is 0.444. The lowest BCUT2D eigenvalue weighted by Gasteiger charge is -2.08. The predicted molar refractivity (Wildman–Crippen MR) is 51.1 cm³/mol. The van der Waals surface area contributed by atoms with Crippen molar-refractivity contribution in [1.82, 2.24) is 4.98 Å². The normalized spacial score (nSPS) is 12.7. The standard InChI is InChI=1S/C9H15N3/c1-6-4-8(7(2)10)5-12-9(6)11-3/h4-5,7H,10H2,1-3H3,(H,11,12)/t7-/m0/s1. The zero-order valence-electron chi connectivity index (χ0n) is 7.76. The van der Waals surface area contributed by atoms with Crippen molar-refractivity contribution in [2.24, 2.45) is 5.73 Å². The fourth-order valence-electron chi connectivity index (χ4n) is 1.11. The molecule has 0 spiro atoms. The molecule has 1 aromatic rings. The van der Waals surface area contributed by atoms with Gasteiger partial charge < -0.3 is 11.1 Å². The maximum atomic E-state index is 5.71. The summed E-state index contributed by atoms with van der Waals surface area (Å²) >= 11 is 0. The summed E-state index contributed by atoms with van der Waals surface area (Å²) in [5.41, 5.74) is 7.92. The van der Waals surface area contributed by atoms with Crippen molar-refractivity contribution in [3.8, 4) is 0 Å². The first-order valence-electron chi connectivity index (χ1n) is 4.05. The highest BCUT2D eigenvalue weighted by atomic mass is 15.0. The van der Waals surface area contributed by atoms with Gasteiger partial charge in [-0.05, 0) is 31.0 Å². The Morgan fingerprint density at radius 1 is 1.58 bits per heavy atom. The zero-order valence-corrected chi connectivity index (χ0v) is 7.76. The van der Waals surface area contributed by atoms with E-state index in [-0.39, 0.29) is 6.04 Å². The van der Waals surface area contributed by atoms with E-state index in [1.807, 2.05) is 27.1 Å². The Kier molecular flexibility index (Phi) is 2.65. The van der Waals surface area contributed by atoms with Crippen molar-refractivity contribution >= 4 is 5.82 Å². The van der Waals surface area contributed by atoms with E-state index in [1.54, 1.807) is 0 Å². The summed E-state index contributed by atoms with van der Waals surface area (Å²) in [6.45, 7) is 3.97. The van der Waals surface area contributed by atoms with E-state index in [0.717, 1.165) is 16.9 Å². The van der Waals surface area contributed by atoms with Crippen LogP contribution in [0.25, 0.3) is 0 Å². The molecule has 0 fully saturated rings.